The average molecular weight is 285 g/mol. The van der Waals surface area contributed by atoms with Gasteiger partial charge in [0.1, 0.15) is 5.75 Å². The molecule has 108 valence electrons. The van der Waals surface area contributed by atoms with Crippen molar-refractivity contribution in [1.82, 2.24) is 0 Å². The van der Waals surface area contributed by atoms with Gasteiger partial charge in [0.15, 0.2) is 11.5 Å². The Labute approximate surface area is 122 Å². The molecule has 0 atom stereocenters. The van der Waals surface area contributed by atoms with Gasteiger partial charge in [-0.05, 0) is 30.3 Å². The second-order valence-corrected chi connectivity index (χ2v) is 4.60. The number of rotatable bonds is 4. The monoisotopic (exact) mass is 285 g/mol. The molecule has 2 aromatic rings. The number of ether oxygens (including phenoxy) is 3. The minimum atomic E-state index is -0.107. The predicted octanol–water partition coefficient (Wildman–Crippen LogP) is 2.61. The van der Waals surface area contributed by atoms with Gasteiger partial charge in [-0.2, -0.15) is 0 Å². The lowest BCUT2D eigenvalue weighted by Crippen LogP contribution is -2.14. The molecule has 0 spiro atoms. The van der Waals surface area contributed by atoms with Crippen LogP contribution in [-0.2, 0) is 11.2 Å². The number of benzene rings is 2. The van der Waals surface area contributed by atoms with Gasteiger partial charge in [-0.15, -0.1) is 0 Å². The van der Waals surface area contributed by atoms with Gasteiger partial charge in [0.2, 0.25) is 12.7 Å². The quantitative estimate of drug-likeness (QED) is 0.938. The third kappa shape index (κ3) is 2.91. The Hall–Kier alpha value is -2.69. The van der Waals surface area contributed by atoms with Gasteiger partial charge in [-0.3, -0.25) is 4.79 Å². The van der Waals surface area contributed by atoms with Gasteiger partial charge >= 0.3 is 0 Å². The average Bonchev–Trinajstić information content (AvgIpc) is 2.97. The van der Waals surface area contributed by atoms with E-state index in [1.165, 1.54) is 0 Å². The Morgan fingerprint density at radius 1 is 1.19 bits per heavy atom. The van der Waals surface area contributed by atoms with E-state index in [1.54, 1.807) is 31.4 Å². The van der Waals surface area contributed by atoms with E-state index in [4.69, 9.17) is 14.2 Å². The summed E-state index contributed by atoms with van der Waals surface area (Å²) in [5, 5.41) is 2.84. The van der Waals surface area contributed by atoms with Crippen molar-refractivity contribution in [2.24, 2.45) is 0 Å². The van der Waals surface area contributed by atoms with E-state index in [0.29, 0.717) is 11.5 Å². The molecular formula is C16H15NO4. The van der Waals surface area contributed by atoms with E-state index < -0.39 is 0 Å². The van der Waals surface area contributed by atoms with E-state index in [9.17, 15) is 4.79 Å². The van der Waals surface area contributed by atoms with Crippen molar-refractivity contribution in [2.45, 2.75) is 6.42 Å². The summed E-state index contributed by atoms with van der Waals surface area (Å²) in [7, 11) is 1.60. The first kappa shape index (κ1) is 13.3. The van der Waals surface area contributed by atoms with Gasteiger partial charge in [0.25, 0.3) is 0 Å². The molecule has 1 heterocycles. The van der Waals surface area contributed by atoms with Crippen molar-refractivity contribution in [3.8, 4) is 17.2 Å². The zero-order chi connectivity index (χ0) is 14.7. The number of hydrogen-bond acceptors (Lipinski definition) is 4. The summed E-state index contributed by atoms with van der Waals surface area (Å²) < 4.78 is 15.8. The topological polar surface area (TPSA) is 56.8 Å². The summed E-state index contributed by atoms with van der Waals surface area (Å²) in [4.78, 5) is 12.1. The lowest BCUT2D eigenvalue weighted by molar-refractivity contribution is -0.115. The standard InChI is InChI=1S/C16H15NO4/c1-19-13-7-5-12(6-8-13)17-15(18)9-11-3-2-4-14-16(11)21-10-20-14/h2-8H,9-10H2,1H3,(H,17,18). The van der Waals surface area contributed by atoms with Crippen LogP contribution >= 0.6 is 0 Å². The fraction of sp³-hybridized carbons (Fsp3) is 0.188. The highest BCUT2D eigenvalue weighted by Crippen LogP contribution is 2.35. The fourth-order valence-corrected chi connectivity index (χ4v) is 2.18. The third-order valence-electron chi connectivity index (χ3n) is 3.20. The van der Waals surface area contributed by atoms with E-state index in [2.05, 4.69) is 5.32 Å². The molecule has 0 saturated heterocycles. The molecule has 1 aliphatic heterocycles. The molecular weight excluding hydrogens is 270 g/mol. The van der Waals surface area contributed by atoms with E-state index in [0.717, 1.165) is 17.0 Å². The molecule has 0 bridgehead atoms. The highest BCUT2D eigenvalue weighted by Gasteiger charge is 2.18. The van der Waals surface area contributed by atoms with Crippen molar-refractivity contribution >= 4 is 11.6 Å². The Kier molecular flexibility index (Phi) is 3.64. The molecule has 2 aromatic carbocycles. The van der Waals surface area contributed by atoms with Gasteiger partial charge < -0.3 is 19.5 Å². The summed E-state index contributed by atoms with van der Waals surface area (Å²) in [6.45, 7) is 0.201. The summed E-state index contributed by atoms with van der Waals surface area (Å²) in [6.07, 6.45) is 0.235. The second kappa shape index (κ2) is 5.75. The Morgan fingerprint density at radius 3 is 2.76 bits per heavy atom. The third-order valence-corrected chi connectivity index (χ3v) is 3.20. The van der Waals surface area contributed by atoms with Crippen LogP contribution in [0.1, 0.15) is 5.56 Å². The largest absolute Gasteiger partial charge is 0.497 e. The minimum absolute atomic E-state index is 0.107. The van der Waals surface area contributed by atoms with Gasteiger partial charge in [-0.1, -0.05) is 12.1 Å². The van der Waals surface area contributed by atoms with Crippen LogP contribution in [0.2, 0.25) is 0 Å². The van der Waals surface area contributed by atoms with Gasteiger partial charge in [0, 0.05) is 11.3 Å². The van der Waals surface area contributed by atoms with Crippen LogP contribution in [0.25, 0.3) is 0 Å². The van der Waals surface area contributed by atoms with Crippen molar-refractivity contribution < 1.29 is 19.0 Å². The van der Waals surface area contributed by atoms with Crippen LogP contribution in [0, 0.1) is 0 Å². The molecule has 1 aliphatic rings. The molecule has 1 N–H and O–H groups in total. The highest BCUT2D eigenvalue weighted by molar-refractivity contribution is 5.92. The van der Waals surface area contributed by atoms with Crippen LogP contribution < -0.4 is 19.5 Å². The molecule has 0 aromatic heterocycles. The maximum atomic E-state index is 12.1. The first-order valence-corrected chi connectivity index (χ1v) is 6.57. The predicted molar refractivity (Wildman–Crippen MR) is 77.9 cm³/mol. The number of fused-ring (bicyclic) bond motifs is 1. The Morgan fingerprint density at radius 2 is 2.00 bits per heavy atom. The molecule has 5 nitrogen and oxygen atoms in total. The first-order chi connectivity index (χ1) is 10.3. The van der Waals surface area contributed by atoms with Crippen LogP contribution in [0.3, 0.4) is 0 Å². The molecule has 5 heteroatoms. The molecule has 1 amide bonds. The van der Waals surface area contributed by atoms with E-state index >= 15 is 0 Å². The SMILES string of the molecule is COc1ccc(NC(=O)Cc2cccc3c2OCO3)cc1. The molecule has 3 rings (SSSR count). The number of para-hydroxylation sites is 1. The van der Waals surface area contributed by atoms with Crippen LogP contribution in [0.15, 0.2) is 42.5 Å². The fourth-order valence-electron chi connectivity index (χ4n) is 2.18. The van der Waals surface area contributed by atoms with E-state index in [-0.39, 0.29) is 19.1 Å². The lowest BCUT2D eigenvalue weighted by atomic mass is 10.1. The maximum absolute atomic E-state index is 12.1. The van der Waals surface area contributed by atoms with Crippen molar-refractivity contribution in [2.75, 3.05) is 19.2 Å². The molecule has 21 heavy (non-hydrogen) atoms. The molecule has 0 saturated carbocycles. The summed E-state index contributed by atoms with van der Waals surface area (Å²) in [5.41, 5.74) is 1.54. The normalized spacial score (nSPS) is 12.0. The van der Waals surface area contributed by atoms with E-state index in [1.807, 2.05) is 18.2 Å². The number of carbonyl (C=O) groups excluding carboxylic acids is 1. The molecule has 0 radical (unpaired) electrons. The zero-order valence-electron chi connectivity index (χ0n) is 11.6. The Bertz CT molecular complexity index is 652. The number of methoxy groups -OCH3 is 1. The summed E-state index contributed by atoms with van der Waals surface area (Å²) in [6, 6.07) is 12.7. The second-order valence-electron chi connectivity index (χ2n) is 4.60. The van der Waals surface area contributed by atoms with Crippen LogP contribution in [0.5, 0.6) is 17.2 Å². The zero-order valence-corrected chi connectivity index (χ0v) is 11.6. The number of hydrogen-bond donors (Lipinski definition) is 1. The maximum Gasteiger partial charge on any atom is 0.231 e. The van der Waals surface area contributed by atoms with Crippen molar-refractivity contribution in [3.63, 3.8) is 0 Å². The van der Waals surface area contributed by atoms with Gasteiger partial charge in [-0.25, -0.2) is 0 Å². The highest BCUT2D eigenvalue weighted by atomic mass is 16.7. The molecule has 0 fully saturated rings. The van der Waals surface area contributed by atoms with Crippen molar-refractivity contribution in [3.05, 3.63) is 48.0 Å². The minimum Gasteiger partial charge on any atom is -0.497 e. The molecule has 0 aliphatic carbocycles. The van der Waals surface area contributed by atoms with Crippen molar-refractivity contribution in [1.29, 1.82) is 0 Å². The first-order valence-electron chi connectivity index (χ1n) is 6.57. The van der Waals surface area contributed by atoms with Crippen LogP contribution in [0.4, 0.5) is 5.69 Å². The smallest absolute Gasteiger partial charge is 0.231 e. The summed E-state index contributed by atoms with van der Waals surface area (Å²) >= 11 is 0. The number of amides is 1. The number of anilines is 1. The number of carbonyl (C=O) groups is 1. The Balaban J connectivity index is 1.68. The summed E-state index contributed by atoms with van der Waals surface area (Å²) in [5.74, 6) is 1.98. The lowest BCUT2D eigenvalue weighted by Gasteiger charge is -2.08. The number of nitrogens with one attached hydrogen (secondary N) is 1. The molecule has 0 unspecified atom stereocenters. The van der Waals surface area contributed by atoms with Gasteiger partial charge in [0.05, 0.1) is 13.5 Å². The van der Waals surface area contributed by atoms with Crippen LogP contribution in [-0.4, -0.2) is 19.8 Å².